The Balaban J connectivity index is 1.71. The highest BCUT2D eigenvalue weighted by atomic mass is 32.2. The Bertz CT molecular complexity index is 941. The van der Waals surface area contributed by atoms with E-state index in [2.05, 4.69) is 10.2 Å². The van der Waals surface area contributed by atoms with Crippen molar-refractivity contribution in [1.29, 1.82) is 0 Å². The van der Waals surface area contributed by atoms with Gasteiger partial charge in [-0.05, 0) is 48.4 Å². The highest BCUT2D eigenvalue weighted by molar-refractivity contribution is 8.00. The van der Waals surface area contributed by atoms with Gasteiger partial charge in [0.25, 0.3) is 11.1 Å². The van der Waals surface area contributed by atoms with E-state index < -0.39 is 5.25 Å². The molecule has 0 aliphatic heterocycles. The minimum Gasteiger partial charge on any atom is -0.484 e. The maximum absolute atomic E-state index is 12.6. The smallest absolute Gasteiger partial charge is 0.277 e. The van der Waals surface area contributed by atoms with Gasteiger partial charge in [-0.2, -0.15) is 0 Å². The fraction of sp³-hybridized carbons (Fsp3) is 0.286. The summed E-state index contributed by atoms with van der Waals surface area (Å²) in [6.45, 7) is 4.18. The van der Waals surface area contributed by atoms with Gasteiger partial charge in [-0.15, -0.1) is 10.2 Å². The van der Waals surface area contributed by atoms with Crippen molar-refractivity contribution >= 4 is 17.7 Å². The van der Waals surface area contributed by atoms with E-state index in [9.17, 15) is 4.79 Å². The Hall–Kier alpha value is -2.80. The average Bonchev–Trinajstić information content (AvgIpc) is 3.14. The second-order valence-corrected chi connectivity index (χ2v) is 7.72. The number of rotatable bonds is 7. The summed E-state index contributed by atoms with van der Waals surface area (Å²) in [6, 6.07) is 15.6. The number of hydrogen-bond acceptors (Lipinski definition) is 6. The van der Waals surface area contributed by atoms with Crippen molar-refractivity contribution in [2.45, 2.75) is 30.9 Å². The lowest BCUT2D eigenvalue weighted by Gasteiger charge is -2.18. The molecule has 0 saturated heterocycles. The Kier molecular flexibility index (Phi) is 6.36. The molecule has 0 radical (unpaired) electrons. The van der Waals surface area contributed by atoms with Gasteiger partial charge in [0.15, 0.2) is 6.61 Å². The molecule has 28 heavy (non-hydrogen) atoms. The molecule has 1 heterocycles. The van der Waals surface area contributed by atoms with Crippen LogP contribution in [-0.4, -0.2) is 35.1 Å². The molecule has 6 nitrogen and oxygen atoms in total. The molecule has 0 N–H and O–H groups in total. The standard InChI is InChI=1S/C21H23N3O3S/c1-14-10-11-15(2)17(12-14)26-13-18-22-23-21(27-18)28-19(20(25)24(3)4)16-8-6-5-7-9-16/h5-12,19H,13H2,1-4H3/t19-/m0/s1. The first-order valence-electron chi connectivity index (χ1n) is 8.89. The van der Waals surface area contributed by atoms with Crippen molar-refractivity contribution in [1.82, 2.24) is 15.1 Å². The molecule has 7 heteroatoms. The number of amides is 1. The molecule has 0 aliphatic carbocycles. The van der Waals surface area contributed by atoms with Crippen molar-refractivity contribution in [3.63, 3.8) is 0 Å². The van der Waals surface area contributed by atoms with Gasteiger partial charge in [-0.3, -0.25) is 4.79 Å². The second-order valence-electron chi connectivity index (χ2n) is 6.66. The molecule has 1 aromatic heterocycles. The summed E-state index contributed by atoms with van der Waals surface area (Å²) in [6.07, 6.45) is 0. The lowest BCUT2D eigenvalue weighted by Crippen LogP contribution is -2.26. The zero-order valence-corrected chi connectivity index (χ0v) is 17.2. The molecular weight excluding hydrogens is 374 g/mol. The molecule has 3 aromatic rings. The van der Waals surface area contributed by atoms with E-state index in [1.54, 1.807) is 19.0 Å². The number of hydrogen-bond donors (Lipinski definition) is 0. The van der Waals surface area contributed by atoms with Gasteiger partial charge in [0.1, 0.15) is 11.0 Å². The molecule has 0 bridgehead atoms. The Labute approximate surface area is 168 Å². The molecule has 0 fully saturated rings. The minimum atomic E-state index is -0.454. The van der Waals surface area contributed by atoms with E-state index >= 15 is 0 Å². The normalized spacial score (nSPS) is 11.9. The number of nitrogens with zero attached hydrogens (tertiary/aromatic N) is 3. The maximum Gasteiger partial charge on any atom is 0.277 e. The van der Waals surface area contributed by atoms with Crippen LogP contribution in [0.2, 0.25) is 0 Å². The Morgan fingerprint density at radius 3 is 2.61 bits per heavy atom. The van der Waals surface area contributed by atoms with Gasteiger partial charge in [0.2, 0.25) is 5.91 Å². The van der Waals surface area contributed by atoms with E-state index in [1.807, 2.05) is 62.4 Å². The monoisotopic (exact) mass is 397 g/mol. The summed E-state index contributed by atoms with van der Waals surface area (Å²) in [5, 5.41) is 8.00. The Morgan fingerprint density at radius 2 is 1.89 bits per heavy atom. The third-order valence-electron chi connectivity index (χ3n) is 4.13. The topological polar surface area (TPSA) is 68.5 Å². The summed E-state index contributed by atoms with van der Waals surface area (Å²) in [5.41, 5.74) is 3.05. The lowest BCUT2D eigenvalue weighted by atomic mass is 10.1. The van der Waals surface area contributed by atoms with Crippen molar-refractivity contribution in [2.75, 3.05) is 14.1 Å². The molecule has 0 aliphatic rings. The zero-order chi connectivity index (χ0) is 20.1. The number of ether oxygens (including phenoxy) is 1. The van der Waals surface area contributed by atoms with Crippen LogP contribution in [0, 0.1) is 13.8 Å². The summed E-state index contributed by atoms with van der Waals surface area (Å²) in [4.78, 5) is 14.2. The molecule has 0 unspecified atom stereocenters. The van der Waals surface area contributed by atoms with Crippen LogP contribution < -0.4 is 4.74 Å². The molecule has 0 saturated carbocycles. The first kappa shape index (κ1) is 19.9. The Morgan fingerprint density at radius 1 is 1.14 bits per heavy atom. The van der Waals surface area contributed by atoms with E-state index in [-0.39, 0.29) is 12.5 Å². The van der Waals surface area contributed by atoms with Crippen molar-refractivity contribution in [2.24, 2.45) is 0 Å². The van der Waals surface area contributed by atoms with Crippen LogP contribution in [0.1, 0.15) is 27.8 Å². The largest absolute Gasteiger partial charge is 0.484 e. The highest BCUT2D eigenvalue weighted by Crippen LogP contribution is 2.35. The molecule has 1 atom stereocenters. The summed E-state index contributed by atoms with van der Waals surface area (Å²) in [5.74, 6) is 1.12. The van der Waals surface area contributed by atoms with Crippen LogP contribution in [-0.2, 0) is 11.4 Å². The van der Waals surface area contributed by atoms with Gasteiger partial charge in [0.05, 0.1) is 0 Å². The average molecular weight is 398 g/mol. The lowest BCUT2D eigenvalue weighted by molar-refractivity contribution is -0.128. The number of carbonyl (C=O) groups excluding carboxylic acids is 1. The quantitative estimate of drug-likeness (QED) is 0.557. The third kappa shape index (κ3) is 4.92. The second kappa shape index (κ2) is 8.93. The maximum atomic E-state index is 12.6. The van der Waals surface area contributed by atoms with E-state index in [4.69, 9.17) is 9.15 Å². The van der Waals surface area contributed by atoms with Crippen LogP contribution in [0.4, 0.5) is 0 Å². The van der Waals surface area contributed by atoms with E-state index in [0.717, 1.165) is 22.4 Å². The number of aryl methyl sites for hydroxylation is 2. The number of likely N-dealkylation sites (N-methyl/N-ethyl adjacent to an activating group) is 1. The van der Waals surface area contributed by atoms with Crippen LogP contribution in [0.15, 0.2) is 58.2 Å². The van der Waals surface area contributed by atoms with Gasteiger partial charge in [0, 0.05) is 14.1 Å². The molecule has 146 valence electrons. The fourth-order valence-corrected chi connectivity index (χ4v) is 3.61. The van der Waals surface area contributed by atoms with Crippen molar-refractivity contribution in [3.05, 3.63) is 71.1 Å². The van der Waals surface area contributed by atoms with Crippen molar-refractivity contribution < 1.29 is 13.9 Å². The van der Waals surface area contributed by atoms with Crippen LogP contribution in [0.25, 0.3) is 0 Å². The highest BCUT2D eigenvalue weighted by Gasteiger charge is 2.26. The SMILES string of the molecule is Cc1ccc(C)c(OCc2nnc(S[C@H](C(=O)N(C)C)c3ccccc3)o2)c1. The van der Waals surface area contributed by atoms with Gasteiger partial charge >= 0.3 is 0 Å². The van der Waals surface area contributed by atoms with E-state index in [1.165, 1.54) is 11.8 Å². The fourth-order valence-electron chi connectivity index (χ4n) is 2.57. The number of thioether (sulfide) groups is 1. The predicted octanol–water partition coefficient (Wildman–Crippen LogP) is 4.19. The predicted molar refractivity (Wildman–Crippen MR) is 108 cm³/mol. The zero-order valence-electron chi connectivity index (χ0n) is 16.4. The van der Waals surface area contributed by atoms with Crippen LogP contribution in [0.5, 0.6) is 5.75 Å². The van der Waals surface area contributed by atoms with Crippen molar-refractivity contribution in [3.8, 4) is 5.75 Å². The molecule has 3 rings (SSSR count). The van der Waals surface area contributed by atoms with Gasteiger partial charge in [-0.25, -0.2) is 0 Å². The van der Waals surface area contributed by atoms with Crippen LogP contribution in [0.3, 0.4) is 0 Å². The third-order valence-corrected chi connectivity index (χ3v) is 5.21. The summed E-state index contributed by atoms with van der Waals surface area (Å²) in [7, 11) is 3.46. The van der Waals surface area contributed by atoms with Gasteiger partial charge < -0.3 is 14.1 Å². The van der Waals surface area contributed by atoms with E-state index in [0.29, 0.717) is 11.1 Å². The molecular formula is C21H23N3O3S. The molecule has 2 aromatic carbocycles. The number of benzene rings is 2. The first-order valence-corrected chi connectivity index (χ1v) is 9.77. The summed E-state index contributed by atoms with van der Waals surface area (Å²) < 4.78 is 11.5. The number of aromatic nitrogens is 2. The minimum absolute atomic E-state index is 0.0393. The first-order chi connectivity index (χ1) is 13.4. The molecule has 0 spiro atoms. The summed E-state index contributed by atoms with van der Waals surface area (Å²) >= 11 is 1.24. The number of carbonyl (C=O) groups is 1. The van der Waals surface area contributed by atoms with Gasteiger partial charge in [-0.1, -0.05) is 42.5 Å². The molecule has 1 amide bonds. The van der Waals surface area contributed by atoms with Crippen LogP contribution >= 0.6 is 11.8 Å².